The Balaban J connectivity index is 2.03. The first-order valence-corrected chi connectivity index (χ1v) is 6.31. The number of carbonyl (C=O) groups is 2. The van der Waals surface area contributed by atoms with Gasteiger partial charge in [-0.05, 0) is 24.3 Å². The summed E-state index contributed by atoms with van der Waals surface area (Å²) in [6, 6.07) is 12.5. The molecule has 2 aromatic rings. The Morgan fingerprint density at radius 2 is 1.95 bits per heavy atom. The van der Waals surface area contributed by atoms with Gasteiger partial charge in [0.05, 0.1) is 4.92 Å². The zero-order chi connectivity index (χ0) is 15.9. The number of aldehydes is 1. The molecule has 7 heteroatoms. The van der Waals surface area contributed by atoms with E-state index in [1.54, 1.807) is 24.3 Å². The number of amides is 1. The predicted molar refractivity (Wildman–Crippen MR) is 79.1 cm³/mol. The smallest absolute Gasteiger partial charge is 0.311 e. The summed E-state index contributed by atoms with van der Waals surface area (Å²) >= 11 is 0. The number of anilines is 1. The molecule has 0 spiro atoms. The van der Waals surface area contributed by atoms with E-state index in [0.717, 1.165) is 6.07 Å². The van der Waals surface area contributed by atoms with Gasteiger partial charge in [-0.2, -0.15) is 0 Å². The minimum atomic E-state index is -0.669. The van der Waals surface area contributed by atoms with E-state index in [-0.39, 0.29) is 23.6 Å². The van der Waals surface area contributed by atoms with Crippen molar-refractivity contribution in [2.75, 3.05) is 11.9 Å². The molecule has 0 aromatic heterocycles. The fourth-order valence-corrected chi connectivity index (χ4v) is 1.73. The third kappa shape index (κ3) is 3.89. The molecule has 1 amide bonds. The van der Waals surface area contributed by atoms with Gasteiger partial charge in [-0.3, -0.25) is 19.7 Å². The van der Waals surface area contributed by atoms with E-state index in [1.165, 1.54) is 12.1 Å². The van der Waals surface area contributed by atoms with E-state index in [0.29, 0.717) is 12.0 Å². The van der Waals surface area contributed by atoms with Gasteiger partial charge >= 0.3 is 5.69 Å². The summed E-state index contributed by atoms with van der Waals surface area (Å²) < 4.78 is 5.16. The van der Waals surface area contributed by atoms with Gasteiger partial charge in [0.25, 0.3) is 5.91 Å². The number of para-hydroxylation sites is 1. The fraction of sp³-hybridized carbons (Fsp3) is 0.0667. The van der Waals surface area contributed by atoms with Gasteiger partial charge in [-0.1, -0.05) is 18.2 Å². The lowest BCUT2D eigenvalue weighted by atomic mass is 10.2. The highest BCUT2D eigenvalue weighted by Gasteiger charge is 2.17. The Morgan fingerprint density at radius 3 is 2.59 bits per heavy atom. The first-order chi connectivity index (χ1) is 10.6. The molecule has 112 valence electrons. The van der Waals surface area contributed by atoms with Crippen LogP contribution in [0.4, 0.5) is 11.4 Å². The summed E-state index contributed by atoms with van der Waals surface area (Å²) in [6.45, 7) is -0.379. The second-order valence-corrected chi connectivity index (χ2v) is 4.30. The van der Waals surface area contributed by atoms with Crippen molar-refractivity contribution in [3.63, 3.8) is 0 Å². The predicted octanol–water partition coefficient (Wildman–Crippen LogP) is 2.42. The highest BCUT2D eigenvalue weighted by atomic mass is 16.6. The Morgan fingerprint density at radius 1 is 1.23 bits per heavy atom. The van der Waals surface area contributed by atoms with Gasteiger partial charge in [0.15, 0.2) is 12.4 Å². The van der Waals surface area contributed by atoms with Crippen LogP contribution >= 0.6 is 0 Å². The Labute approximate surface area is 125 Å². The van der Waals surface area contributed by atoms with Crippen LogP contribution < -0.4 is 10.1 Å². The number of hydrogen-bond acceptors (Lipinski definition) is 5. The van der Waals surface area contributed by atoms with Crippen LogP contribution in [0.2, 0.25) is 0 Å². The number of benzene rings is 2. The van der Waals surface area contributed by atoms with Crippen molar-refractivity contribution in [1.29, 1.82) is 0 Å². The summed E-state index contributed by atoms with van der Waals surface area (Å²) in [5, 5.41) is 13.5. The largest absolute Gasteiger partial charge is 0.477 e. The third-order valence-corrected chi connectivity index (χ3v) is 2.73. The number of hydrogen-bond donors (Lipinski definition) is 1. The van der Waals surface area contributed by atoms with Crippen LogP contribution in [-0.4, -0.2) is 23.7 Å². The lowest BCUT2D eigenvalue weighted by Crippen LogP contribution is -2.20. The van der Waals surface area contributed by atoms with Crippen molar-refractivity contribution < 1.29 is 19.2 Å². The maximum Gasteiger partial charge on any atom is 0.311 e. The van der Waals surface area contributed by atoms with Gasteiger partial charge in [0.2, 0.25) is 0 Å². The minimum Gasteiger partial charge on any atom is -0.477 e. The molecule has 0 bridgehead atoms. The molecule has 0 aliphatic rings. The fourth-order valence-electron chi connectivity index (χ4n) is 1.73. The van der Waals surface area contributed by atoms with Crippen LogP contribution in [0.3, 0.4) is 0 Å². The molecule has 0 heterocycles. The van der Waals surface area contributed by atoms with Gasteiger partial charge in [-0.25, -0.2) is 0 Å². The average Bonchev–Trinajstić information content (AvgIpc) is 2.53. The van der Waals surface area contributed by atoms with Crippen LogP contribution in [0.15, 0.2) is 48.5 Å². The maximum absolute atomic E-state index is 11.7. The van der Waals surface area contributed by atoms with Crippen molar-refractivity contribution in [3.8, 4) is 5.75 Å². The molecular weight excluding hydrogens is 288 g/mol. The van der Waals surface area contributed by atoms with E-state index in [1.807, 2.05) is 6.07 Å². The monoisotopic (exact) mass is 300 g/mol. The van der Waals surface area contributed by atoms with Crippen LogP contribution in [-0.2, 0) is 4.79 Å². The van der Waals surface area contributed by atoms with E-state index >= 15 is 0 Å². The van der Waals surface area contributed by atoms with E-state index < -0.39 is 10.8 Å². The molecule has 2 aromatic carbocycles. The number of rotatable bonds is 6. The summed E-state index contributed by atoms with van der Waals surface area (Å²) in [7, 11) is 0. The second kappa shape index (κ2) is 6.98. The van der Waals surface area contributed by atoms with Crippen LogP contribution in [0, 0.1) is 10.1 Å². The zero-order valence-electron chi connectivity index (χ0n) is 11.4. The summed E-state index contributed by atoms with van der Waals surface area (Å²) in [5.41, 5.74) is 0.395. The van der Waals surface area contributed by atoms with Crippen molar-refractivity contribution in [2.45, 2.75) is 0 Å². The number of nitrogens with one attached hydrogen (secondary N) is 1. The van der Waals surface area contributed by atoms with Gasteiger partial charge in [0, 0.05) is 17.3 Å². The molecule has 7 nitrogen and oxygen atoms in total. The zero-order valence-corrected chi connectivity index (χ0v) is 11.4. The van der Waals surface area contributed by atoms with Gasteiger partial charge in [0.1, 0.15) is 6.29 Å². The number of ether oxygens (including phenoxy) is 1. The van der Waals surface area contributed by atoms with Crippen molar-refractivity contribution in [2.24, 2.45) is 0 Å². The van der Waals surface area contributed by atoms with Crippen LogP contribution in [0.5, 0.6) is 5.75 Å². The maximum atomic E-state index is 11.7. The molecular formula is C15H12N2O5. The Bertz CT molecular complexity index is 700. The molecule has 0 radical (unpaired) electrons. The van der Waals surface area contributed by atoms with Gasteiger partial charge in [-0.15, -0.1) is 0 Å². The van der Waals surface area contributed by atoms with Crippen molar-refractivity contribution in [3.05, 3.63) is 64.2 Å². The third-order valence-electron chi connectivity index (χ3n) is 2.73. The molecule has 0 unspecified atom stereocenters. The van der Waals surface area contributed by atoms with E-state index in [4.69, 9.17) is 4.74 Å². The first-order valence-electron chi connectivity index (χ1n) is 6.31. The Hall–Kier alpha value is -3.22. The average molecular weight is 300 g/mol. The molecule has 0 aliphatic heterocycles. The van der Waals surface area contributed by atoms with E-state index in [2.05, 4.69) is 5.32 Å². The molecule has 0 saturated carbocycles. The van der Waals surface area contributed by atoms with Gasteiger partial charge < -0.3 is 10.1 Å². The molecule has 0 aliphatic carbocycles. The van der Waals surface area contributed by atoms with Crippen molar-refractivity contribution >= 4 is 23.6 Å². The summed E-state index contributed by atoms with van der Waals surface area (Å²) in [5.74, 6) is -0.515. The quantitative estimate of drug-likeness (QED) is 0.502. The number of nitrogens with zero attached hydrogens (tertiary/aromatic N) is 1. The van der Waals surface area contributed by atoms with E-state index in [9.17, 15) is 19.7 Å². The highest BCUT2D eigenvalue weighted by molar-refractivity contribution is 5.91. The Kier molecular flexibility index (Phi) is 4.81. The normalized spacial score (nSPS) is 9.82. The molecule has 0 fully saturated rings. The van der Waals surface area contributed by atoms with Crippen LogP contribution in [0.1, 0.15) is 10.4 Å². The molecule has 1 N–H and O–H groups in total. The van der Waals surface area contributed by atoms with Crippen molar-refractivity contribution in [1.82, 2.24) is 0 Å². The number of nitro groups is 1. The second-order valence-electron chi connectivity index (χ2n) is 4.30. The molecule has 2 rings (SSSR count). The summed E-state index contributed by atoms with van der Waals surface area (Å²) in [6.07, 6.45) is 0.499. The highest BCUT2D eigenvalue weighted by Crippen LogP contribution is 2.27. The topological polar surface area (TPSA) is 98.5 Å². The molecule has 0 saturated heterocycles. The molecule has 22 heavy (non-hydrogen) atoms. The summed E-state index contributed by atoms with van der Waals surface area (Å²) in [4.78, 5) is 32.6. The lowest BCUT2D eigenvalue weighted by molar-refractivity contribution is -0.385. The standard InChI is InChI=1S/C15H12N2O5/c18-9-11-6-7-14(13(8-11)17(20)21)22-10-15(19)16-12-4-2-1-3-5-12/h1-9H,10H2,(H,16,19). The number of carbonyl (C=O) groups excluding carboxylic acids is 2. The number of nitro benzene ring substituents is 1. The lowest BCUT2D eigenvalue weighted by Gasteiger charge is -2.08. The SMILES string of the molecule is O=Cc1ccc(OCC(=O)Nc2ccccc2)c([N+](=O)[O-])c1. The molecule has 0 atom stereocenters. The minimum absolute atomic E-state index is 0.0705. The van der Waals surface area contributed by atoms with Crippen LogP contribution in [0.25, 0.3) is 0 Å². The first kappa shape index (κ1) is 15.2.